The van der Waals surface area contributed by atoms with Gasteiger partial charge in [-0.05, 0) is 36.4 Å². The number of nitrogens with two attached hydrogens (primary N) is 1. The molecule has 0 aliphatic heterocycles. The first-order chi connectivity index (χ1) is 27.3. The lowest BCUT2D eigenvalue weighted by atomic mass is 10.0. The fourth-order valence-corrected chi connectivity index (χ4v) is 8.56. The van der Waals surface area contributed by atoms with E-state index in [0.717, 1.165) is 37.4 Å². The lowest BCUT2D eigenvalue weighted by Crippen LogP contribution is -2.03. The van der Waals surface area contributed by atoms with Gasteiger partial charge in [-0.25, -0.2) is 5.26 Å². The van der Waals surface area contributed by atoms with E-state index in [1.807, 2.05) is 0 Å². The van der Waals surface area contributed by atoms with Gasteiger partial charge in [0.1, 0.15) is 48.0 Å². The van der Waals surface area contributed by atoms with Gasteiger partial charge in [-0.3, -0.25) is 28.3 Å². The molecule has 9 N–H and O–H groups in total. The van der Waals surface area contributed by atoms with Crippen LogP contribution >= 0.6 is 12.0 Å². The van der Waals surface area contributed by atoms with E-state index in [9.17, 15) is 72.2 Å². The van der Waals surface area contributed by atoms with Gasteiger partial charge in [-0.2, -0.15) is 43.9 Å². The molecule has 0 aliphatic carbocycles. The van der Waals surface area contributed by atoms with Crippen molar-refractivity contribution in [3.05, 3.63) is 58.6 Å². The minimum atomic E-state index is -5.47. The molecule has 0 saturated heterocycles. The summed E-state index contributed by atoms with van der Waals surface area (Å²) in [4.78, 5) is 5.05. The number of non-ortho nitro benzene ring substituents is 1. The summed E-state index contributed by atoms with van der Waals surface area (Å²) in [6.07, 6.45) is 0. The van der Waals surface area contributed by atoms with Crippen molar-refractivity contribution in [1.29, 1.82) is 0 Å². The molecule has 5 aromatic carbocycles. The summed E-state index contributed by atoms with van der Waals surface area (Å²) in [5.41, 5.74) is 0.697. The number of phenols is 2. The average Bonchev–Trinajstić information content (AvgIpc) is 3.12. The summed E-state index contributed by atoms with van der Waals surface area (Å²) in [5.74, 6) is -2.19. The first-order valence-electron chi connectivity index (χ1n) is 14.7. The lowest BCUT2D eigenvalue weighted by Gasteiger charge is -2.15. The fraction of sp³-hybridized carbons (Fsp3) is 0.0370. The van der Waals surface area contributed by atoms with Crippen LogP contribution in [0, 0.1) is 10.1 Å². The zero-order valence-corrected chi connectivity index (χ0v) is 32.5. The molecule has 0 spiro atoms. The highest BCUT2D eigenvalue weighted by Crippen LogP contribution is 2.51. The van der Waals surface area contributed by atoms with Crippen LogP contribution in [-0.4, -0.2) is 79.3 Å². The first kappa shape index (κ1) is 44.2. The number of anilines is 1. The predicted octanol–water partition coefficient (Wildman–Crippen LogP) is 5.85. The Morgan fingerprint density at radius 2 is 1.25 bits per heavy atom. The maximum absolute atomic E-state index is 12.7. The van der Waals surface area contributed by atoms with Crippen LogP contribution in [0.4, 0.5) is 39.8 Å². The molecule has 0 bridgehead atoms. The highest BCUT2D eigenvalue weighted by atomic mass is 32.2. The molecule has 0 fully saturated rings. The third-order valence-electron chi connectivity index (χ3n) is 7.60. The van der Waals surface area contributed by atoms with Crippen molar-refractivity contribution < 1.29 is 81.6 Å². The molecule has 0 heterocycles. The molecule has 59 heavy (non-hydrogen) atoms. The minimum absolute atomic E-state index is 0.0109. The summed E-state index contributed by atoms with van der Waals surface area (Å²) in [7, 11) is -20.2. The van der Waals surface area contributed by atoms with Crippen molar-refractivity contribution in [3.63, 3.8) is 0 Å². The molecule has 0 aromatic heterocycles. The summed E-state index contributed by atoms with van der Waals surface area (Å²) < 4.78 is 143. The Hall–Kier alpha value is -5.91. The summed E-state index contributed by atoms with van der Waals surface area (Å²) >= 11 is 0.0109. The smallest absolute Gasteiger partial charge is 0.297 e. The fourth-order valence-electron chi connectivity index (χ4n) is 5.26. The number of nitro benzene ring substituents is 1. The van der Waals surface area contributed by atoms with Gasteiger partial charge in [0.15, 0.2) is 11.5 Å². The van der Waals surface area contributed by atoms with E-state index >= 15 is 0 Å². The maximum Gasteiger partial charge on any atom is 0.297 e. The van der Waals surface area contributed by atoms with Gasteiger partial charge in [-0.15, -0.1) is 24.8 Å². The molecule has 5 aromatic rings. The zero-order chi connectivity index (χ0) is 44.0. The summed E-state index contributed by atoms with van der Waals surface area (Å²) in [6.45, 7) is 0. The predicted molar refractivity (Wildman–Crippen MR) is 197 cm³/mol. The Bertz CT molecular complexity index is 3180. The van der Waals surface area contributed by atoms with E-state index in [-0.39, 0.29) is 12.0 Å². The van der Waals surface area contributed by atoms with Gasteiger partial charge in [-0.1, -0.05) is 5.04 Å². The van der Waals surface area contributed by atoms with Crippen LogP contribution in [-0.2, 0) is 49.8 Å². The number of hydrogen-bond donors (Lipinski definition) is 8. The van der Waals surface area contributed by atoms with E-state index in [2.05, 4.69) is 40.1 Å². The molecule has 5 rings (SSSR count). The Labute approximate surface area is 332 Å². The lowest BCUT2D eigenvalue weighted by molar-refractivity contribution is -0.432. The van der Waals surface area contributed by atoms with Crippen molar-refractivity contribution in [2.24, 2.45) is 30.7 Å². The SMILES string of the molecule is CN=Nc1c(S(=O)(=O)O)cc2c(S(=O)(=O)O)c(N=Nc3cc(S(=O)(=O)O)c4cc(SOOO)c(N=Nc5ccc([N+](=O)[O-])cc5S(=O)(=O)O)c(O)c4c3N)ccc2c1O. The van der Waals surface area contributed by atoms with Crippen LogP contribution in [0.1, 0.15) is 0 Å². The highest BCUT2D eigenvalue weighted by molar-refractivity contribution is 7.94. The number of phenolic OH excluding ortho intramolecular Hbond substituents is 2. The first-order valence-corrected chi connectivity index (χ1v) is 21.2. The van der Waals surface area contributed by atoms with E-state index in [4.69, 9.17) is 11.0 Å². The second kappa shape index (κ2) is 16.0. The molecular formula is C27H20N8O19S5. The van der Waals surface area contributed by atoms with Crippen LogP contribution in [0.15, 0.2) is 104 Å². The van der Waals surface area contributed by atoms with Gasteiger partial charge in [0.25, 0.3) is 46.2 Å². The van der Waals surface area contributed by atoms with Gasteiger partial charge < -0.3 is 15.9 Å². The molecule has 0 amide bonds. The molecule has 0 atom stereocenters. The number of nitro groups is 1. The monoisotopic (exact) mass is 920 g/mol. The number of benzene rings is 5. The normalized spacial score (nSPS) is 13.1. The van der Waals surface area contributed by atoms with Crippen molar-refractivity contribution >= 4 is 114 Å². The number of nitrogens with zero attached hydrogens (tertiary/aromatic N) is 7. The van der Waals surface area contributed by atoms with Crippen LogP contribution in [0.3, 0.4) is 0 Å². The largest absolute Gasteiger partial charge is 0.505 e. The molecule has 0 radical (unpaired) electrons. The van der Waals surface area contributed by atoms with Crippen molar-refractivity contribution in [2.75, 3.05) is 12.8 Å². The third-order valence-corrected chi connectivity index (χ3v) is 11.8. The van der Waals surface area contributed by atoms with Crippen LogP contribution in [0.2, 0.25) is 0 Å². The number of nitrogen functional groups attached to an aromatic ring is 1. The van der Waals surface area contributed by atoms with Gasteiger partial charge in [0.2, 0.25) is 0 Å². The molecular weight excluding hydrogens is 901 g/mol. The summed E-state index contributed by atoms with van der Waals surface area (Å²) in [6, 6.07) is 5.55. The number of aromatic hydroxyl groups is 2. The Morgan fingerprint density at radius 3 is 1.81 bits per heavy atom. The Morgan fingerprint density at radius 1 is 0.661 bits per heavy atom. The van der Waals surface area contributed by atoms with Gasteiger partial charge in [0, 0.05) is 35.3 Å². The standard InChI is InChI=1S/C27H20N8O19S5/c1-29-33-24-20(58(47,48)49)8-12-11(25(24)36)3-5-15(27(12)59(50,51)52)31-32-16-9-18(56(41,42)43)13-7-17(55-54-53-40)23(26(37)21(13)22(16)28)34-30-14-4-2-10(35(38)39)6-19(14)57(44,45)46/h2-9,36-37,40H,28H2,1H3,(H,41,42,43)(H,44,45,46)(H,47,48,49)(H,50,51,52). The number of hydrogen-bond acceptors (Lipinski definition) is 23. The second-order valence-electron chi connectivity index (χ2n) is 11.1. The molecule has 312 valence electrons. The average molecular weight is 921 g/mol. The summed E-state index contributed by atoms with van der Waals surface area (Å²) in [5, 5.41) is 64.5. The molecule has 0 aliphatic rings. The highest BCUT2D eigenvalue weighted by Gasteiger charge is 2.29. The van der Waals surface area contributed by atoms with E-state index in [1.54, 1.807) is 0 Å². The van der Waals surface area contributed by atoms with E-state index in [1.165, 1.54) is 0 Å². The van der Waals surface area contributed by atoms with Gasteiger partial charge in [0.05, 0.1) is 32.9 Å². The Kier molecular flexibility index (Phi) is 12.0. The van der Waals surface area contributed by atoms with Crippen LogP contribution in [0.5, 0.6) is 11.5 Å². The zero-order valence-electron chi connectivity index (χ0n) is 28.4. The Balaban J connectivity index is 1.82. The van der Waals surface area contributed by atoms with Crippen LogP contribution in [0.25, 0.3) is 21.5 Å². The molecule has 0 saturated carbocycles. The number of azo groups is 3. The van der Waals surface area contributed by atoms with E-state index in [0.29, 0.717) is 18.2 Å². The van der Waals surface area contributed by atoms with Crippen molar-refractivity contribution in [3.8, 4) is 11.5 Å². The third kappa shape index (κ3) is 8.91. The quantitative estimate of drug-likeness (QED) is 0.0130. The van der Waals surface area contributed by atoms with Crippen LogP contribution < -0.4 is 5.73 Å². The van der Waals surface area contributed by atoms with Crippen molar-refractivity contribution in [2.45, 2.75) is 24.5 Å². The topological polar surface area (TPSA) is 440 Å². The maximum atomic E-state index is 12.7. The molecule has 0 unspecified atom stereocenters. The second-order valence-corrected chi connectivity index (χ2v) is 17.4. The number of rotatable bonds is 13. The number of fused-ring (bicyclic) bond motifs is 2. The van der Waals surface area contributed by atoms with Crippen molar-refractivity contribution in [1.82, 2.24) is 0 Å². The van der Waals surface area contributed by atoms with E-state index < -0.39 is 143 Å². The van der Waals surface area contributed by atoms with Gasteiger partial charge >= 0.3 is 0 Å². The minimum Gasteiger partial charge on any atom is -0.505 e. The molecule has 27 nitrogen and oxygen atoms in total. The molecule has 32 heteroatoms.